The Bertz CT molecular complexity index is 477. The van der Waals surface area contributed by atoms with Crippen molar-refractivity contribution in [3.05, 3.63) is 24.0 Å². The highest BCUT2D eigenvalue weighted by molar-refractivity contribution is 7.80. The minimum atomic E-state index is 0.00241. The van der Waals surface area contributed by atoms with Crippen molar-refractivity contribution in [1.82, 2.24) is 10.3 Å². The fourth-order valence-corrected chi connectivity index (χ4v) is 2.38. The van der Waals surface area contributed by atoms with Crippen LogP contribution in [0.15, 0.2) is 18.3 Å². The molecule has 1 amide bonds. The van der Waals surface area contributed by atoms with Gasteiger partial charge in [0.2, 0.25) is 5.91 Å². The summed E-state index contributed by atoms with van der Waals surface area (Å²) >= 11 is 5.00. The van der Waals surface area contributed by atoms with E-state index < -0.39 is 0 Å². The molecule has 0 aromatic carbocycles. The topological polar surface area (TPSA) is 71.2 Å². The SMILES string of the molecule is CC(=O)NC1CCN(c2cccnc2C(N)=S)C1. The summed E-state index contributed by atoms with van der Waals surface area (Å²) in [6, 6.07) is 4.00. The molecular weight excluding hydrogens is 248 g/mol. The van der Waals surface area contributed by atoms with Crippen LogP contribution in [0.4, 0.5) is 5.69 Å². The molecule has 1 fully saturated rings. The van der Waals surface area contributed by atoms with Crippen LogP contribution >= 0.6 is 12.2 Å². The molecular formula is C12H16N4OS. The number of rotatable bonds is 3. The zero-order chi connectivity index (χ0) is 13.1. The number of hydrogen-bond donors (Lipinski definition) is 2. The lowest BCUT2D eigenvalue weighted by atomic mass is 10.2. The normalized spacial score (nSPS) is 18.7. The molecule has 3 N–H and O–H groups in total. The minimum Gasteiger partial charge on any atom is -0.388 e. The van der Waals surface area contributed by atoms with Crippen molar-refractivity contribution in [2.24, 2.45) is 5.73 Å². The van der Waals surface area contributed by atoms with Gasteiger partial charge in [-0.25, -0.2) is 0 Å². The molecule has 1 aromatic rings. The van der Waals surface area contributed by atoms with Crippen LogP contribution in [0.3, 0.4) is 0 Å². The van der Waals surface area contributed by atoms with E-state index in [0.29, 0.717) is 10.7 Å². The summed E-state index contributed by atoms with van der Waals surface area (Å²) in [6.45, 7) is 3.17. The number of hydrogen-bond acceptors (Lipinski definition) is 4. The molecule has 1 saturated heterocycles. The van der Waals surface area contributed by atoms with Gasteiger partial charge < -0.3 is 16.0 Å². The van der Waals surface area contributed by atoms with Crippen LogP contribution in [0.5, 0.6) is 0 Å². The Hall–Kier alpha value is -1.69. The molecule has 2 heterocycles. The maximum absolute atomic E-state index is 11.0. The fourth-order valence-electron chi connectivity index (χ4n) is 2.23. The third-order valence-corrected chi connectivity index (χ3v) is 3.15. The molecule has 0 radical (unpaired) electrons. The molecule has 0 aliphatic carbocycles. The predicted molar refractivity (Wildman–Crippen MR) is 74.6 cm³/mol. The van der Waals surface area contributed by atoms with Gasteiger partial charge in [0, 0.05) is 32.3 Å². The Labute approximate surface area is 111 Å². The first-order chi connectivity index (χ1) is 8.58. The molecule has 0 spiro atoms. The van der Waals surface area contributed by atoms with E-state index in [1.54, 1.807) is 6.20 Å². The number of anilines is 1. The molecule has 1 aliphatic rings. The number of carbonyl (C=O) groups excluding carboxylic acids is 1. The maximum atomic E-state index is 11.0. The Balaban J connectivity index is 2.14. The fraction of sp³-hybridized carbons (Fsp3) is 0.417. The Morgan fingerprint density at radius 1 is 1.67 bits per heavy atom. The quantitative estimate of drug-likeness (QED) is 0.775. The highest BCUT2D eigenvalue weighted by atomic mass is 32.1. The number of carbonyl (C=O) groups is 1. The molecule has 1 aromatic heterocycles. The lowest BCUT2D eigenvalue weighted by molar-refractivity contribution is -0.119. The summed E-state index contributed by atoms with van der Waals surface area (Å²) in [5, 5.41) is 2.93. The Morgan fingerprint density at radius 2 is 2.44 bits per heavy atom. The van der Waals surface area contributed by atoms with E-state index in [9.17, 15) is 4.79 Å². The van der Waals surface area contributed by atoms with E-state index in [1.165, 1.54) is 6.92 Å². The highest BCUT2D eigenvalue weighted by Gasteiger charge is 2.25. The summed E-state index contributed by atoms with van der Waals surface area (Å²) in [6.07, 6.45) is 2.60. The van der Waals surface area contributed by atoms with Gasteiger partial charge in [-0.15, -0.1) is 0 Å². The van der Waals surface area contributed by atoms with Gasteiger partial charge >= 0.3 is 0 Å². The van der Waals surface area contributed by atoms with Crippen LogP contribution < -0.4 is 16.0 Å². The molecule has 2 rings (SSSR count). The maximum Gasteiger partial charge on any atom is 0.217 e. The second kappa shape index (κ2) is 5.30. The molecule has 5 nitrogen and oxygen atoms in total. The molecule has 1 aliphatic heterocycles. The number of aromatic nitrogens is 1. The summed E-state index contributed by atoms with van der Waals surface area (Å²) in [5.41, 5.74) is 7.26. The van der Waals surface area contributed by atoms with Crippen LogP contribution in [0.1, 0.15) is 19.0 Å². The summed E-state index contributed by atoms with van der Waals surface area (Å²) in [5.74, 6) is 0.00241. The molecule has 96 valence electrons. The van der Waals surface area contributed by atoms with Gasteiger partial charge in [-0.1, -0.05) is 12.2 Å². The largest absolute Gasteiger partial charge is 0.388 e. The molecule has 6 heteroatoms. The van der Waals surface area contributed by atoms with Gasteiger partial charge in [0.1, 0.15) is 10.7 Å². The standard InChI is InChI=1S/C12H16N4OS/c1-8(17)15-9-4-6-16(7-9)10-3-2-5-14-11(10)12(13)18/h2-3,5,9H,4,6-7H2,1H3,(H2,13,18)(H,15,17). The Kier molecular flexibility index (Phi) is 3.76. The lowest BCUT2D eigenvalue weighted by Crippen LogP contribution is -2.36. The molecule has 0 bridgehead atoms. The summed E-state index contributed by atoms with van der Waals surface area (Å²) in [4.78, 5) is 17.7. The van der Waals surface area contributed by atoms with Crippen LogP contribution in [0.25, 0.3) is 0 Å². The number of nitrogens with one attached hydrogen (secondary N) is 1. The first kappa shape index (κ1) is 12.8. The van der Waals surface area contributed by atoms with Gasteiger partial charge in [0.05, 0.1) is 5.69 Å². The minimum absolute atomic E-state index is 0.00241. The summed E-state index contributed by atoms with van der Waals surface area (Å²) < 4.78 is 0. The zero-order valence-electron chi connectivity index (χ0n) is 10.2. The van der Waals surface area contributed by atoms with Crippen LogP contribution in [0.2, 0.25) is 0 Å². The molecule has 18 heavy (non-hydrogen) atoms. The number of nitrogens with two attached hydrogens (primary N) is 1. The van der Waals surface area contributed by atoms with Crippen molar-refractivity contribution in [3.8, 4) is 0 Å². The van der Waals surface area contributed by atoms with Crippen LogP contribution in [-0.2, 0) is 4.79 Å². The van der Waals surface area contributed by atoms with Crippen LogP contribution in [-0.4, -0.2) is 35.0 Å². The van der Waals surface area contributed by atoms with E-state index >= 15 is 0 Å². The number of pyridine rings is 1. The molecule has 1 atom stereocenters. The van der Waals surface area contributed by atoms with Crippen molar-refractivity contribution >= 4 is 28.8 Å². The van der Waals surface area contributed by atoms with E-state index in [2.05, 4.69) is 15.2 Å². The number of thiocarbonyl (C=S) groups is 1. The third-order valence-electron chi connectivity index (χ3n) is 2.96. The second-order valence-electron chi connectivity index (χ2n) is 4.37. The second-order valence-corrected chi connectivity index (χ2v) is 4.81. The smallest absolute Gasteiger partial charge is 0.217 e. The monoisotopic (exact) mass is 264 g/mol. The van der Waals surface area contributed by atoms with Crippen molar-refractivity contribution in [1.29, 1.82) is 0 Å². The van der Waals surface area contributed by atoms with Crippen molar-refractivity contribution in [2.75, 3.05) is 18.0 Å². The average Bonchev–Trinajstić information content (AvgIpc) is 2.76. The third kappa shape index (κ3) is 2.76. The number of amides is 1. The average molecular weight is 264 g/mol. The first-order valence-corrected chi connectivity index (χ1v) is 6.25. The Morgan fingerprint density at radius 3 is 3.11 bits per heavy atom. The highest BCUT2D eigenvalue weighted by Crippen LogP contribution is 2.23. The van der Waals surface area contributed by atoms with E-state index in [1.807, 2.05) is 12.1 Å². The number of nitrogens with zero attached hydrogens (tertiary/aromatic N) is 2. The lowest BCUT2D eigenvalue weighted by Gasteiger charge is -2.20. The van der Waals surface area contributed by atoms with Gasteiger partial charge in [-0.05, 0) is 18.6 Å². The summed E-state index contributed by atoms with van der Waals surface area (Å²) in [7, 11) is 0. The van der Waals surface area contributed by atoms with Crippen molar-refractivity contribution in [2.45, 2.75) is 19.4 Å². The van der Waals surface area contributed by atoms with E-state index in [-0.39, 0.29) is 11.9 Å². The predicted octanol–water partition coefficient (Wildman–Crippen LogP) is 0.431. The van der Waals surface area contributed by atoms with Gasteiger partial charge in [-0.2, -0.15) is 0 Å². The van der Waals surface area contributed by atoms with E-state index in [0.717, 1.165) is 25.2 Å². The van der Waals surface area contributed by atoms with Gasteiger partial charge in [0.25, 0.3) is 0 Å². The zero-order valence-corrected chi connectivity index (χ0v) is 11.0. The van der Waals surface area contributed by atoms with Crippen molar-refractivity contribution < 1.29 is 4.79 Å². The van der Waals surface area contributed by atoms with E-state index in [4.69, 9.17) is 18.0 Å². The van der Waals surface area contributed by atoms with Gasteiger partial charge in [0.15, 0.2) is 0 Å². The molecule has 0 saturated carbocycles. The van der Waals surface area contributed by atoms with Crippen molar-refractivity contribution in [3.63, 3.8) is 0 Å². The van der Waals surface area contributed by atoms with Crippen LogP contribution in [0, 0.1) is 0 Å². The molecule has 1 unspecified atom stereocenters. The van der Waals surface area contributed by atoms with Gasteiger partial charge in [-0.3, -0.25) is 9.78 Å². The first-order valence-electron chi connectivity index (χ1n) is 5.85.